The van der Waals surface area contributed by atoms with Crippen molar-refractivity contribution in [3.8, 4) is 5.75 Å². The predicted molar refractivity (Wildman–Crippen MR) is 127 cm³/mol. The van der Waals surface area contributed by atoms with Gasteiger partial charge in [0.1, 0.15) is 11.3 Å². The summed E-state index contributed by atoms with van der Waals surface area (Å²) in [6.07, 6.45) is 7.21. The lowest BCUT2D eigenvalue weighted by Gasteiger charge is -2.34. The molecule has 6 heteroatoms. The smallest absolute Gasteiger partial charge is 0.246 e. The average molecular weight is 434 g/mol. The highest BCUT2D eigenvalue weighted by Gasteiger charge is 2.22. The standard InChI is InChI=1S/C26H31N3O3/c1-5-31-25-20(4)26-23(19(3)17-32-26)14-22(25)18(2)13-24(30)29-11-9-28(10-12-29)16-21-7-6-8-27-15-21/h6-8,13-15,17H,5,9-12,16H2,1-4H3/b18-13+. The SMILES string of the molecule is CCOc1c(/C(C)=C/C(=O)N2CCN(Cc3cccnc3)CC2)cc2c(C)coc2c1C. The molecule has 0 N–H and O–H groups in total. The van der Waals surface area contributed by atoms with Gasteiger partial charge in [-0.3, -0.25) is 14.7 Å². The molecule has 1 saturated heterocycles. The highest BCUT2D eigenvalue weighted by atomic mass is 16.5. The Labute approximate surface area is 189 Å². The number of carbonyl (C=O) groups excluding carboxylic acids is 1. The van der Waals surface area contributed by atoms with E-state index in [-0.39, 0.29) is 5.91 Å². The second-order valence-electron chi connectivity index (χ2n) is 8.40. The Morgan fingerprint density at radius 2 is 2.03 bits per heavy atom. The molecule has 0 aliphatic carbocycles. The fourth-order valence-electron chi connectivity index (χ4n) is 4.29. The number of hydrogen-bond donors (Lipinski definition) is 0. The van der Waals surface area contributed by atoms with Crippen LogP contribution in [0.5, 0.6) is 5.75 Å². The zero-order chi connectivity index (χ0) is 22.7. The minimum atomic E-state index is 0.0487. The van der Waals surface area contributed by atoms with Crippen LogP contribution in [0.3, 0.4) is 0 Å². The minimum absolute atomic E-state index is 0.0487. The Hall–Kier alpha value is -3.12. The molecule has 1 aliphatic rings. The number of furan rings is 1. The Kier molecular flexibility index (Phi) is 6.61. The van der Waals surface area contributed by atoms with Gasteiger partial charge in [0.25, 0.3) is 0 Å². The van der Waals surface area contributed by atoms with E-state index in [1.54, 1.807) is 18.5 Å². The van der Waals surface area contributed by atoms with Crippen LogP contribution < -0.4 is 4.74 Å². The third kappa shape index (κ3) is 4.55. The van der Waals surface area contributed by atoms with Gasteiger partial charge in [-0.05, 0) is 56.5 Å². The molecule has 0 saturated carbocycles. The van der Waals surface area contributed by atoms with Crippen LogP contribution in [0, 0.1) is 13.8 Å². The number of aromatic nitrogens is 1. The van der Waals surface area contributed by atoms with Gasteiger partial charge in [-0.2, -0.15) is 0 Å². The molecule has 4 rings (SSSR count). The first-order valence-corrected chi connectivity index (χ1v) is 11.2. The molecule has 1 amide bonds. The zero-order valence-electron chi connectivity index (χ0n) is 19.4. The van der Waals surface area contributed by atoms with Gasteiger partial charge in [0, 0.05) is 67.7 Å². The summed E-state index contributed by atoms with van der Waals surface area (Å²) >= 11 is 0. The Balaban J connectivity index is 1.49. The molecular weight excluding hydrogens is 402 g/mol. The van der Waals surface area contributed by atoms with Crippen LogP contribution in [0.1, 0.15) is 36.1 Å². The molecule has 0 bridgehead atoms. The van der Waals surface area contributed by atoms with E-state index in [0.29, 0.717) is 6.61 Å². The molecular formula is C26H31N3O3. The van der Waals surface area contributed by atoms with E-state index in [4.69, 9.17) is 9.15 Å². The van der Waals surface area contributed by atoms with Gasteiger partial charge in [-0.25, -0.2) is 0 Å². The summed E-state index contributed by atoms with van der Waals surface area (Å²) in [5, 5.41) is 1.06. The van der Waals surface area contributed by atoms with E-state index in [9.17, 15) is 4.79 Å². The van der Waals surface area contributed by atoms with Crippen LogP contribution in [0.2, 0.25) is 0 Å². The number of ether oxygens (including phenoxy) is 1. The number of rotatable bonds is 6. The second-order valence-corrected chi connectivity index (χ2v) is 8.40. The highest BCUT2D eigenvalue weighted by molar-refractivity contribution is 5.98. The molecule has 3 heterocycles. The summed E-state index contributed by atoms with van der Waals surface area (Å²) in [5.41, 5.74) is 5.95. The monoisotopic (exact) mass is 433 g/mol. The van der Waals surface area contributed by atoms with Crippen LogP contribution >= 0.6 is 0 Å². The van der Waals surface area contributed by atoms with Crippen LogP contribution in [-0.4, -0.2) is 53.5 Å². The highest BCUT2D eigenvalue weighted by Crippen LogP contribution is 2.37. The number of amides is 1. The fourth-order valence-corrected chi connectivity index (χ4v) is 4.29. The molecule has 1 aromatic carbocycles. The Morgan fingerprint density at radius 1 is 1.25 bits per heavy atom. The number of benzene rings is 1. The van der Waals surface area contributed by atoms with Crippen molar-refractivity contribution < 1.29 is 13.9 Å². The third-order valence-electron chi connectivity index (χ3n) is 6.10. The van der Waals surface area contributed by atoms with E-state index >= 15 is 0 Å². The number of hydrogen-bond acceptors (Lipinski definition) is 5. The summed E-state index contributed by atoms with van der Waals surface area (Å²) in [6, 6.07) is 6.13. The number of pyridine rings is 1. The molecule has 0 unspecified atom stereocenters. The zero-order valence-corrected chi connectivity index (χ0v) is 19.4. The molecule has 6 nitrogen and oxygen atoms in total. The minimum Gasteiger partial charge on any atom is -0.493 e. The number of carbonyl (C=O) groups is 1. The molecule has 3 aromatic rings. The molecule has 0 radical (unpaired) electrons. The van der Waals surface area contributed by atoms with Gasteiger partial charge in [-0.1, -0.05) is 6.07 Å². The summed E-state index contributed by atoms with van der Waals surface area (Å²) in [4.78, 5) is 21.5. The second kappa shape index (κ2) is 9.57. The van der Waals surface area contributed by atoms with E-state index in [1.807, 2.05) is 44.9 Å². The van der Waals surface area contributed by atoms with Crippen LogP contribution in [0.4, 0.5) is 0 Å². The maximum atomic E-state index is 13.0. The first-order chi connectivity index (χ1) is 15.5. The topological polar surface area (TPSA) is 58.8 Å². The van der Waals surface area contributed by atoms with Crippen LogP contribution in [0.15, 0.2) is 47.3 Å². The van der Waals surface area contributed by atoms with Crippen molar-refractivity contribution in [2.45, 2.75) is 34.2 Å². The maximum Gasteiger partial charge on any atom is 0.246 e. The Morgan fingerprint density at radius 3 is 2.72 bits per heavy atom. The lowest BCUT2D eigenvalue weighted by molar-refractivity contribution is -0.127. The molecule has 2 aromatic heterocycles. The number of piperazine rings is 1. The van der Waals surface area contributed by atoms with Crippen LogP contribution in [0.25, 0.3) is 16.5 Å². The molecule has 168 valence electrons. The van der Waals surface area contributed by atoms with Gasteiger partial charge < -0.3 is 14.1 Å². The summed E-state index contributed by atoms with van der Waals surface area (Å²) < 4.78 is 11.7. The van der Waals surface area contributed by atoms with E-state index in [0.717, 1.165) is 71.7 Å². The number of nitrogens with zero attached hydrogens (tertiary/aromatic N) is 3. The molecule has 0 atom stereocenters. The number of allylic oxidation sites excluding steroid dienone is 1. The lowest BCUT2D eigenvalue weighted by atomic mass is 9.98. The van der Waals surface area contributed by atoms with Gasteiger partial charge in [0.15, 0.2) is 0 Å². The largest absolute Gasteiger partial charge is 0.493 e. The van der Waals surface area contributed by atoms with Crippen LogP contribution in [-0.2, 0) is 11.3 Å². The Bertz CT molecular complexity index is 1130. The maximum absolute atomic E-state index is 13.0. The van der Waals surface area contributed by atoms with Crippen molar-refractivity contribution in [2.75, 3.05) is 32.8 Å². The normalized spacial score (nSPS) is 15.4. The predicted octanol–water partition coefficient (Wildman–Crippen LogP) is 4.59. The number of aryl methyl sites for hydroxylation is 2. The molecule has 1 fully saturated rings. The van der Waals surface area contributed by atoms with Crippen molar-refractivity contribution >= 4 is 22.4 Å². The van der Waals surface area contributed by atoms with Gasteiger partial charge in [0.2, 0.25) is 5.91 Å². The molecule has 1 aliphatic heterocycles. The summed E-state index contributed by atoms with van der Waals surface area (Å²) in [7, 11) is 0. The van der Waals surface area contributed by atoms with E-state index in [1.165, 1.54) is 5.56 Å². The van der Waals surface area contributed by atoms with Crippen molar-refractivity contribution in [3.63, 3.8) is 0 Å². The third-order valence-corrected chi connectivity index (χ3v) is 6.10. The van der Waals surface area contributed by atoms with Crippen molar-refractivity contribution in [1.29, 1.82) is 0 Å². The van der Waals surface area contributed by atoms with Gasteiger partial charge in [0.05, 0.1) is 12.9 Å². The summed E-state index contributed by atoms with van der Waals surface area (Å²) in [5.74, 6) is 0.838. The molecule has 32 heavy (non-hydrogen) atoms. The quantitative estimate of drug-likeness (QED) is 0.532. The van der Waals surface area contributed by atoms with Gasteiger partial charge in [-0.15, -0.1) is 0 Å². The first-order valence-electron chi connectivity index (χ1n) is 11.2. The van der Waals surface area contributed by atoms with Crippen molar-refractivity contribution in [1.82, 2.24) is 14.8 Å². The van der Waals surface area contributed by atoms with E-state index in [2.05, 4.69) is 22.0 Å². The lowest BCUT2D eigenvalue weighted by Crippen LogP contribution is -2.47. The first kappa shape index (κ1) is 22.1. The number of fused-ring (bicyclic) bond motifs is 1. The van der Waals surface area contributed by atoms with Crippen molar-refractivity contribution in [2.24, 2.45) is 0 Å². The molecule has 0 spiro atoms. The summed E-state index contributed by atoms with van der Waals surface area (Å²) in [6.45, 7) is 12.6. The van der Waals surface area contributed by atoms with Gasteiger partial charge >= 0.3 is 0 Å². The fraction of sp³-hybridized carbons (Fsp3) is 0.385. The average Bonchev–Trinajstić information content (AvgIpc) is 3.17. The van der Waals surface area contributed by atoms with Crippen molar-refractivity contribution in [3.05, 3.63) is 65.2 Å². The van der Waals surface area contributed by atoms with E-state index < -0.39 is 0 Å².